The maximum absolute atomic E-state index is 11.2. The van der Waals surface area contributed by atoms with Gasteiger partial charge in [-0.25, -0.2) is 0 Å². The summed E-state index contributed by atoms with van der Waals surface area (Å²) in [4.78, 5) is 22.0. The van der Waals surface area contributed by atoms with E-state index in [1.807, 2.05) is 0 Å². The number of halogens is 1. The molecule has 0 unspecified atom stereocenters. The summed E-state index contributed by atoms with van der Waals surface area (Å²) in [7, 11) is 0. The Morgan fingerprint density at radius 2 is 1.50 bits per heavy atom. The number of benzene rings is 1. The van der Waals surface area contributed by atoms with E-state index < -0.39 is 26.9 Å². The van der Waals surface area contributed by atoms with Gasteiger partial charge in [0, 0.05) is 13.1 Å². The minimum atomic E-state index is -0.879. The fourth-order valence-corrected chi connectivity index (χ4v) is 2.23. The van der Waals surface area contributed by atoms with Gasteiger partial charge in [0.15, 0.2) is 5.69 Å². The molecule has 1 aromatic carbocycles. The molecule has 0 heterocycles. The van der Waals surface area contributed by atoms with Crippen LogP contribution in [0.15, 0.2) is 0 Å². The molecule has 4 N–H and O–H groups in total. The lowest BCUT2D eigenvalue weighted by Crippen LogP contribution is -2.24. The Kier molecular flexibility index (Phi) is 4.56. The van der Waals surface area contributed by atoms with Crippen molar-refractivity contribution in [3.05, 3.63) is 25.3 Å². The van der Waals surface area contributed by atoms with Crippen molar-refractivity contribution < 1.29 is 9.85 Å². The van der Waals surface area contributed by atoms with Gasteiger partial charge < -0.3 is 16.4 Å². The van der Waals surface area contributed by atoms with Crippen molar-refractivity contribution in [2.45, 2.75) is 13.8 Å². The number of nitro groups is 2. The molecular formula is C10H14ClN5O4. The first kappa shape index (κ1) is 15.8. The quantitative estimate of drug-likeness (QED) is 0.482. The van der Waals surface area contributed by atoms with Crippen molar-refractivity contribution in [1.82, 2.24) is 0 Å². The van der Waals surface area contributed by atoms with Gasteiger partial charge in [-0.2, -0.15) is 0 Å². The van der Waals surface area contributed by atoms with E-state index in [2.05, 4.69) is 0 Å². The summed E-state index contributed by atoms with van der Waals surface area (Å²) in [5, 5.41) is 21.9. The number of nitrogens with zero attached hydrogens (tertiary/aromatic N) is 3. The van der Waals surface area contributed by atoms with Crippen LogP contribution in [-0.2, 0) is 0 Å². The Morgan fingerprint density at radius 1 is 1.05 bits per heavy atom. The second-order valence-corrected chi connectivity index (χ2v) is 4.25. The van der Waals surface area contributed by atoms with Crippen LogP contribution in [0.25, 0.3) is 0 Å². The molecule has 0 radical (unpaired) electrons. The third kappa shape index (κ3) is 2.39. The lowest BCUT2D eigenvalue weighted by Gasteiger charge is -2.23. The molecule has 0 atom stereocenters. The fourth-order valence-electron chi connectivity index (χ4n) is 1.93. The first-order chi connectivity index (χ1) is 9.27. The number of nitrogens with two attached hydrogens (primary N) is 2. The number of nitrogen functional groups attached to an aromatic ring is 2. The summed E-state index contributed by atoms with van der Waals surface area (Å²) >= 11 is 5.98. The van der Waals surface area contributed by atoms with Crippen LogP contribution in [0.2, 0.25) is 5.02 Å². The second kappa shape index (κ2) is 5.78. The van der Waals surface area contributed by atoms with E-state index in [0.29, 0.717) is 13.1 Å². The van der Waals surface area contributed by atoms with Crippen LogP contribution in [0.5, 0.6) is 0 Å². The average molecular weight is 304 g/mol. The van der Waals surface area contributed by atoms with Gasteiger partial charge in [0.1, 0.15) is 16.4 Å². The van der Waals surface area contributed by atoms with E-state index >= 15 is 0 Å². The van der Waals surface area contributed by atoms with Crippen LogP contribution in [0, 0.1) is 20.2 Å². The smallest absolute Gasteiger partial charge is 0.324 e. The van der Waals surface area contributed by atoms with Crippen LogP contribution in [-0.4, -0.2) is 22.9 Å². The zero-order chi connectivity index (χ0) is 15.6. The molecule has 0 fully saturated rings. The average Bonchev–Trinajstić information content (AvgIpc) is 2.35. The third-order valence-corrected chi connectivity index (χ3v) is 3.26. The Hall–Kier alpha value is -2.29. The van der Waals surface area contributed by atoms with Gasteiger partial charge >= 0.3 is 11.4 Å². The fraction of sp³-hybridized carbons (Fsp3) is 0.400. The van der Waals surface area contributed by atoms with E-state index in [-0.39, 0.29) is 16.4 Å². The molecule has 0 bridgehead atoms. The molecule has 0 amide bonds. The van der Waals surface area contributed by atoms with E-state index in [4.69, 9.17) is 23.1 Å². The van der Waals surface area contributed by atoms with Gasteiger partial charge in [0.2, 0.25) is 0 Å². The summed E-state index contributed by atoms with van der Waals surface area (Å²) in [6.45, 7) is 4.34. The molecule has 1 aromatic rings. The molecule has 0 saturated carbocycles. The normalized spacial score (nSPS) is 10.3. The van der Waals surface area contributed by atoms with Gasteiger partial charge in [-0.3, -0.25) is 20.2 Å². The van der Waals surface area contributed by atoms with Crippen LogP contribution < -0.4 is 16.4 Å². The Bertz CT molecular complexity index is 574. The van der Waals surface area contributed by atoms with Crippen molar-refractivity contribution in [3.8, 4) is 0 Å². The van der Waals surface area contributed by atoms with Crippen LogP contribution in [0.4, 0.5) is 28.4 Å². The Balaban J connectivity index is 3.85. The lowest BCUT2D eigenvalue weighted by atomic mass is 10.1. The van der Waals surface area contributed by atoms with Crippen molar-refractivity contribution >= 4 is 40.0 Å². The maximum Gasteiger partial charge on any atom is 0.324 e. The topological polar surface area (TPSA) is 142 Å². The molecule has 10 heteroatoms. The number of hydrogen-bond acceptors (Lipinski definition) is 7. The number of nitro benzene ring substituents is 2. The van der Waals surface area contributed by atoms with Gasteiger partial charge in [-0.05, 0) is 13.8 Å². The van der Waals surface area contributed by atoms with Crippen LogP contribution in [0.3, 0.4) is 0 Å². The minimum absolute atomic E-state index is 0.00210. The van der Waals surface area contributed by atoms with Gasteiger partial charge in [-0.1, -0.05) is 11.6 Å². The summed E-state index contributed by atoms with van der Waals surface area (Å²) in [6, 6.07) is 0. The molecule has 9 nitrogen and oxygen atoms in total. The van der Waals surface area contributed by atoms with E-state index in [1.54, 1.807) is 18.7 Å². The molecule has 0 aromatic heterocycles. The van der Waals surface area contributed by atoms with E-state index in [9.17, 15) is 20.2 Å². The maximum atomic E-state index is 11.2. The molecule has 0 aliphatic carbocycles. The highest BCUT2D eigenvalue weighted by Gasteiger charge is 2.35. The number of rotatable bonds is 5. The van der Waals surface area contributed by atoms with Gasteiger partial charge in [-0.15, -0.1) is 0 Å². The molecule has 1 rings (SSSR count). The highest BCUT2D eigenvalue weighted by molar-refractivity contribution is 6.37. The zero-order valence-corrected chi connectivity index (χ0v) is 11.7. The van der Waals surface area contributed by atoms with E-state index in [0.717, 1.165) is 0 Å². The molecule has 0 aliphatic rings. The van der Waals surface area contributed by atoms with Crippen LogP contribution in [0.1, 0.15) is 13.8 Å². The first-order valence-electron chi connectivity index (χ1n) is 5.71. The molecule has 0 saturated heterocycles. The summed E-state index contributed by atoms with van der Waals surface area (Å²) in [5.74, 6) is 0. The van der Waals surface area contributed by atoms with Crippen molar-refractivity contribution in [2.24, 2.45) is 0 Å². The van der Waals surface area contributed by atoms with Crippen molar-refractivity contribution in [3.63, 3.8) is 0 Å². The molecule has 0 aliphatic heterocycles. The summed E-state index contributed by atoms with van der Waals surface area (Å²) < 4.78 is 0. The van der Waals surface area contributed by atoms with Crippen molar-refractivity contribution in [2.75, 3.05) is 29.5 Å². The van der Waals surface area contributed by atoms with Crippen molar-refractivity contribution in [1.29, 1.82) is 0 Å². The molecule has 110 valence electrons. The summed E-state index contributed by atoms with van der Waals surface area (Å²) in [5.41, 5.74) is 8.85. The largest absolute Gasteiger partial charge is 0.392 e. The van der Waals surface area contributed by atoms with E-state index in [1.165, 1.54) is 0 Å². The third-order valence-electron chi connectivity index (χ3n) is 2.88. The molecule has 0 spiro atoms. The number of anilines is 3. The summed E-state index contributed by atoms with van der Waals surface area (Å²) in [6.07, 6.45) is 0. The molecule has 20 heavy (non-hydrogen) atoms. The number of hydrogen-bond donors (Lipinski definition) is 2. The van der Waals surface area contributed by atoms with Gasteiger partial charge in [0.25, 0.3) is 0 Å². The molecular weight excluding hydrogens is 290 g/mol. The monoisotopic (exact) mass is 303 g/mol. The highest BCUT2D eigenvalue weighted by atomic mass is 35.5. The Morgan fingerprint density at radius 3 is 1.85 bits per heavy atom. The van der Waals surface area contributed by atoms with Gasteiger partial charge in [0.05, 0.1) is 9.85 Å². The van der Waals surface area contributed by atoms with Crippen LogP contribution >= 0.6 is 11.6 Å². The minimum Gasteiger partial charge on any atom is -0.392 e. The predicted octanol–water partition coefficient (Wildman–Crippen LogP) is 2.17. The second-order valence-electron chi connectivity index (χ2n) is 3.87. The first-order valence-corrected chi connectivity index (χ1v) is 6.09. The Labute approximate surface area is 119 Å². The standard InChI is InChI=1S/C10H14ClN5O4/c1-3-14(4-2)8-5(11)6(12)9(15(17)18)7(13)10(8)16(19)20/h3-4,12-13H2,1-2H3. The zero-order valence-electron chi connectivity index (χ0n) is 10.9. The SMILES string of the molecule is CCN(CC)c1c(Cl)c(N)c([N+](=O)[O-])c(N)c1[N+](=O)[O-]. The highest BCUT2D eigenvalue weighted by Crippen LogP contribution is 2.49. The lowest BCUT2D eigenvalue weighted by molar-refractivity contribution is -0.391. The predicted molar refractivity (Wildman–Crippen MR) is 77.1 cm³/mol.